The molecule has 1 N–H and O–H groups in total. The Kier molecular flexibility index (Phi) is 5.49. The first-order valence-electron chi connectivity index (χ1n) is 7.45. The van der Waals surface area contributed by atoms with Gasteiger partial charge in [0.15, 0.2) is 0 Å². The van der Waals surface area contributed by atoms with Gasteiger partial charge in [0.2, 0.25) is 0 Å². The molecule has 0 atom stereocenters. The molecule has 1 aromatic carbocycles. The van der Waals surface area contributed by atoms with E-state index < -0.39 is 0 Å². The number of H-pyrrole nitrogens is 1. The third-order valence-electron chi connectivity index (χ3n) is 3.51. The topological polar surface area (TPSA) is 71.8 Å². The van der Waals surface area contributed by atoms with Crippen LogP contribution < -0.4 is 0 Å². The van der Waals surface area contributed by atoms with Gasteiger partial charge >= 0.3 is 0 Å². The van der Waals surface area contributed by atoms with Crippen molar-refractivity contribution in [2.75, 3.05) is 0 Å². The van der Waals surface area contributed by atoms with Crippen LogP contribution in [0.2, 0.25) is 0 Å². The number of rotatable bonds is 8. The minimum Gasteiger partial charge on any atom is -0.282 e. The Morgan fingerprint density at radius 2 is 1.95 bits per heavy atom. The molecule has 5 nitrogen and oxygen atoms in total. The van der Waals surface area contributed by atoms with Crippen molar-refractivity contribution in [3.63, 3.8) is 0 Å². The third-order valence-corrected chi connectivity index (χ3v) is 3.51. The summed E-state index contributed by atoms with van der Waals surface area (Å²) in [4.78, 5) is 10.2. The number of non-ortho nitro benzene ring substituents is 1. The lowest BCUT2D eigenvalue weighted by molar-refractivity contribution is -0.384. The maximum absolute atomic E-state index is 10.6. The molecule has 0 aliphatic rings. The van der Waals surface area contributed by atoms with E-state index in [1.54, 1.807) is 12.1 Å². The summed E-state index contributed by atoms with van der Waals surface area (Å²) in [5, 5.41) is 18.0. The third kappa shape index (κ3) is 4.70. The highest BCUT2D eigenvalue weighted by Gasteiger charge is 2.06. The predicted molar refractivity (Wildman–Crippen MR) is 82.3 cm³/mol. The van der Waals surface area contributed by atoms with Crippen molar-refractivity contribution in [1.82, 2.24) is 10.2 Å². The average Bonchev–Trinajstić information content (AvgIpc) is 2.92. The van der Waals surface area contributed by atoms with E-state index in [9.17, 15) is 10.1 Å². The second-order valence-electron chi connectivity index (χ2n) is 5.30. The summed E-state index contributed by atoms with van der Waals surface area (Å²) in [6, 6.07) is 8.75. The lowest BCUT2D eigenvalue weighted by Gasteiger charge is -1.98. The SMILES string of the molecule is CCCCCCc1cc(Cc2ccc([N+](=O)[O-])cc2)[nH]n1. The first-order valence-corrected chi connectivity index (χ1v) is 7.45. The molecule has 0 saturated heterocycles. The fourth-order valence-electron chi connectivity index (χ4n) is 2.32. The summed E-state index contributed by atoms with van der Waals surface area (Å²) >= 11 is 0. The quantitative estimate of drug-likeness (QED) is 0.452. The number of nitrogens with zero attached hydrogens (tertiary/aromatic N) is 2. The van der Waals surface area contributed by atoms with Gasteiger partial charge in [-0.05, 0) is 24.5 Å². The van der Waals surface area contributed by atoms with Gasteiger partial charge in [-0.1, -0.05) is 38.3 Å². The molecule has 0 saturated carbocycles. The van der Waals surface area contributed by atoms with Crippen LogP contribution in [0.3, 0.4) is 0 Å². The van der Waals surface area contributed by atoms with Crippen molar-refractivity contribution in [2.24, 2.45) is 0 Å². The lowest BCUT2D eigenvalue weighted by Crippen LogP contribution is -1.91. The van der Waals surface area contributed by atoms with Crippen LogP contribution in [-0.4, -0.2) is 15.1 Å². The highest BCUT2D eigenvalue weighted by atomic mass is 16.6. The Morgan fingerprint density at radius 3 is 2.62 bits per heavy atom. The van der Waals surface area contributed by atoms with Gasteiger partial charge in [0, 0.05) is 24.2 Å². The van der Waals surface area contributed by atoms with Crippen molar-refractivity contribution in [3.8, 4) is 0 Å². The number of aromatic nitrogens is 2. The smallest absolute Gasteiger partial charge is 0.269 e. The minimum absolute atomic E-state index is 0.125. The van der Waals surface area contributed by atoms with E-state index in [1.807, 2.05) is 0 Å². The summed E-state index contributed by atoms with van der Waals surface area (Å²) in [6.45, 7) is 2.21. The normalized spacial score (nSPS) is 10.7. The van der Waals surface area contributed by atoms with Gasteiger partial charge in [0.1, 0.15) is 0 Å². The number of nitro groups is 1. The summed E-state index contributed by atoms with van der Waals surface area (Å²) < 4.78 is 0. The van der Waals surface area contributed by atoms with Crippen LogP contribution in [-0.2, 0) is 12.8 Å². The van der Waals surface area contributed by atoms with Gasteiger partial charge in [0.05, 0.1) is 10.6 Å². The summed E-state index contributed by atoms with van der Waals surface area (Å²) in [5.74, 6) is 0. The molecule has 1 aromatic heterocycles. The molecular weight excluding hydrogens is 266 g/mol. The zero-order valence-electron chi connectivity index (χ0n) is 12.3. The largest absolute Gasteiger partial charge is 0.282 e. The predicted octanol–water partition coefficient (Wildman–Crippen LogP) is 4.03. The van der Waals surface area contributed by atoms with E-state index in [-0.39, 0.29) is 10.6 Å². The Hall–Kier alpha value is -2.17. The molecule has 0 fully saturated rings. The first-order chi connectivity index (χ1) is 10.2. The van der Waals surface area contributed by atoms with Crippen LogP contribution in [0, 0.1) is 10.1 Å². The average molecular weight is 287 g/mol. The summed E-state index contributed by atoms with van der Waals surface area (Å²) in [6.07, 6.45) is 6.68. The molecule has 21 heavy (non-hydrogen) atoms. The molecule has 0 bridgehead atoms. The number of aryl methyl sites for hydroxylation is 1. The zero-order valence-corrected chi connectivity index (χ0v) is 12.3. The number of nitro benzene ring substituents is 1. The second-order valence-corrected chi connectivity index (χ2v) is 5.30. The van der Waals surface area contributed by atoms with E-state index in [2.05, 4.69) is 23.2 Å². The van der Waals surface area contributed by atoms with Gasteiger partial charge < -0.3 is 0 Å². The molecule has 112 valence electrons. The fraction of sp³-hybridized carbons (Fsp3) is 0.438. The van der Waals surface area contributed by atoms with E-state index >= 15 is 0 Å². The monoisotopic (exact) mass is 287 g/mol. The second kappa shape index (κ2) is 7.57. The number of hydrogen-bond donors (Lipinski definition) is 1. The minimum atomic E-state index is -0.381. The van der Waals surface area contributed by atoms with Gasteiger partial charge in [0.25, 0.3) is 5.69 Å². The van der Waals surface area contributed by atoms with E-state index in [4.69, 9.17) is 0 Å². The number of unbranched alkanes of at least 4 members (excludes halogenated alkanes) is 3. The molecule has 2 aromatic rings. The molecule has 0 aliphatic heterocycles. The number of hydrogen-bond acceptors (Lipinski definition) is 3. The van der Waals surface area contributed by atoms with Crippen LogP contribution in [0.25, 0.3) is 0 Å². The van der Waals surface area contributed by atoms with Crippen molar-refractivity contribution in [2.45, 2.75) is 45.4 Å². The van der Waals surface area contributed by atoms with Crippen molar-refractivity contribution in [1.29, 1.82) is 0 Å². The van der Waals surface area contributed by atoms with Crippen LogP contribution in [0.15, 0.2) is 30.3 Å². The highest BCUT2D eigenvalue weighted by Crippen LogP contribution is 2.15. The Labute approximate surface area is 124 Å². The molecular formula is C16H21N3O2. The molecule has 2 rings (SSSR count). The highest BCUT2D eigenvalue weighted by molar-refractivity contribution is 5.34. The number of aromatic amines is 1. The van der Waals surface area contributed by atoms with Gasteiger partial charge in [-0.15, -0.1) is 0 Å². The summed E-state index contributed by atoms with van der Waals surface area (Å²) in [5.41, 5.74) is 3.32. The van der Waals surface area contributed by atoms with Crippen LogP contribution in [0.5, 0.6) is 0 Å². The van der Waals surface area contributed by atoms with Crippen molar-refractivity contribution >= 4 is 5.69 Å². The summed E-state index contributed by atoms with van der Waals surface area (Å²) in [7, 11) is 0. The van der Waals surface area contributed by atoms with Crippen LogP contribution >= 0.6 is 0 Å². The Balaban J connectivity index is 1.88. The Bertz CT molecular complexity index is 575. The molecule has 0 spiro atoms. The van der Waals surface area contributed by atoms with E-state index in [0.29, 0.717) is 0 Å². The van der Waals surface area contributed by atoms with Crippen molar-refractivity contribution < 1.29 is 4.92 Å². The van der Waals surface area contributed by atoms with Crippen LogP contribution in [0.1, 0.15) is 49.6 Å². The molecule has 1 heterocycles. The maximum Gasteiger partial charge on any atom is 0.269 e. The number of nitrogens with one attached hydrogen (secondary N) is 1. The fourth-order valence-corrected chi connectivity index (χ4v) is 2.32. The molecule has 0 radical (unpaired) electrons. The van der Waals surface area contributed by atoms with Gasteiger partial charge in [-0.3, -0.25) is 15.2 Å². The lowest BCUT2D eigenvalue weighted by atomic mass is 10.1. The Morgan fingerprint density at radius 1 is 1.19 bits per heavy atom. The maximum atomic E-state index is 10.6. The first kappa shape index (κ1) is 15.2. The van der Waals surface area contributed by atoms with Crippen LogP contribution in [0.4, 0.5) is 5.69 Å². The molecule has 0 amide bonds. The zero-order chi connectivity index (χ0) is 15.1. The van der Waals surface area contributed by atoms with Gasteiger partial charge in [-0.2, -0.15) is 5.10 Å². The molecule has 5 heteroatoms. The molecule has 0 unspecified atom stereocenters. The standard InChI is InChI=1S/C16H21N3O2/c1-2-3-4-5-6-14-12-15(18-17-14)11-13-7-9-16(10-8-13)19(20)21/h7-10,12H,2-6,11H2,1H3,(H,17,18). The van der Waals surface area contributed by atoms with Crippen molar-refractivity contribution in [3.05, 3.63) is 57.4 Å². The van der Waals surface area contributed by atoms with E-state index in [1.165, 1.54) is 37.8 Å². The number of benzene rings is 1. The molecule has 0 aliphatic carbocycles. The van der Waals surface area contributed by atoms with E-state index in [0.717, 1.165) is 29.8 Å². The van der Waals surface area contributed by atoms with Gasteiger partial charge in [-0.25, -0.2) is 0 Å².